The number of rotatable bonds is 6. The Kier molecular flexibility index (Phi) is 5.51. The fraction of sp³-hybridized carbons (Fsp3) is 0.304. The molecule has 0 aliphatic carbocycles. The Morgan fingerprint density at radius 2 is 1.79 bits per heavy atom. The van der Waals surface area contributed by atoms with E-state index in [1.807, 2.05) is 24.3 Å². The van der Waals surface area contributed by atoms with Crippen LogP contribution in [-0.4, -0.2) is 28.7 Å². The molecule has 0 spiro atoms. The normalized spacial score (nSPS) is 14.0. The molecule has 6 nitrogen and oxygen atoms in total. The summed E-state index contributed by atoms with van der Waals surface area (Å²) >= 11 is 0. The van der Waals surface area contributed by atoms with E-state index in [0.717, 1.165) is 41.5 Å². The van der Waals surface area contributed by atoms with Gasteiger partial charge in [-0.2, -0.15) is 0 Å². The van der Waals surface area contributed by atoms with E-state index in [1.165, 1.54) is 12.8 Å². The lowest BCUT2D eigenvalue weighted by molar-refractivity contribution is -0.122. The molecule has 6 heteroatoms. The van der Waals surface area contributed by atoms with E-state index in [9.17, 15) is 4.79 Å². The topological polar surface area (TPSA) is 65.4 Å². The number of methoxy groups -OCH3 is 1. The minimum atomic E-state index is -0.622. The molecule has 1 aliphatic heterocycles. The molecule has 0 bridgehead atoms. The van der Waals surface area contributed by atoms with Crippen molar-refractivity contribution in [2.75, 3.05) is 12.4 Å². The summed E-state index contributed by atoms with van der Waals surface area (Å²) < 4.78 is 13.1. The first-order chi connectivity index (χ1) is 14.1. The van der Waals surface area contributed by atoms with Gasteiger partial charge in [0, 0.05) is 30.4 Å². The molecule has 1 N–H and O–H groups in total. The molecule has 3 aromatic rings. The molecule has 0 radical (unpaired) electrons. The van der Waals surface area contributed by atoms with Crippen LogP contribution in [0.5, 0.6) is 11.5 Å². The van der Waals surface area contributed by atoms with E-state index in [0.29, 0.717) is 5.75 Å². The number of aryl methyl sites for hydroxylation is 2. The van der Waals surface area contributed by atoms with E-state index in [4.69, 9.17) is 14.5 Å². The maximum absolute atomic E-state index is 12.5. The zero-order valence-electron chi connectivity index (χ0n) is 16.7. The number of nitrogens with zero attached hydrogens (tertiary/aromatic N) is 2. The van der Waals surface area contributed by atoms with Crippen molar-refractivity contribution in [2.45, 2.75) is 38.8 Å². The van der Waals surface area contributed by atoms with Crippen LogP contribution in [0.3, 0.4) is 0 Å². The van der Waals surface area contributed by atoms with Crippen LogP contribution < -0.4 is 14.8 Å². The number of anilines is 1. The lowest BCUT2D eigenvalue weighted by Crippen LogP contribution is -2.30. The van der Waals surface area contributed by atoms with Crippen molar-refractivity contribution >= 4 is 11.6 Å². The van der Waals surface area contributed by atoms with E-state index in [1.54, 1.807) is 38.3 Å². The minimum absolute atomic E-state index is 0.203. The minimum Gasteiger partial charge on any atom is -0.497 e. The molecule has 1 amide bonds. The number of hydrogen-bond acceptors (Lipinski definition) is 4. The van der Waals surface area contributed by atoms with Crippen molar-refractivity contribution < 1.29 is 14.3 Å². The second kappa shape index (κ2) is 8.39. The zero-order valence-corrected chi connectivity index (χ0v) is 16.7. The highest BCUT2D eigenvalue weighted by Gasteiger charge is 2.16. The smallest absolute Gasteiger partial charge is 0.265 e. The Morgan fingerprint density at radius 3 is 2.48 bits per heavy atom. The SMILES string of the molecule is COc1ccc(OC(C)C(=O)Nc2ccc(-c3cn4c(n3)CCCC4)cc2)cc1. The highest BCUT2D eigenvalue weighted by molar-refractivity contribution is 5.94. The molecule has 4 rings (SSSR count). The Balaban J connectivity index is 1.37. The average molecular weight is 391 g/mol. The standard InChI is InChI=1S/C23H25N3O3/c1-16(29-20-12-10-19(28-2)11-13-20)23(27)24-18-8-6-17(7-9-18)21-15-26-14-4-3-5-22(26)25-21/h6-13,15-16H,3-5,14H2,1-2H3,(H,24,27). The Bertz CT molecular complexity index is 954. The molecule has 29 heavy (non-hydrogen) atoms. The van der Waals surface area contributed by atoms with Gasteiger partial charge in [0.15, 0.2) is 6.10 Å². The summed E-state index contributed by atoms with van der Waals surface area (Å²) in [7, 11) is 1.61. The summed E-state index contributed by atoms with van der Waals surface area (Å²) in [6.07, 6.45) is 4.96. The predicted molar refractivity (Wildman–Crippen MR) is 112 cm³/mol. The van der Waals surface area contributed by atoms with Gasteiger partial charge in [-0.25, -0.2) is 4.98 Å². The van der Waals surface area contributed by atoms with Gasteiger partial charge in [-0.3, -0.25) is 4.79 Å². The molecule has 0 saturated carbocycles. The molecule has 150 valence electrons. The van der Waals surface area contributed by atoms with Gasteiger partial charge < -0.3 is 19.4 Å². The first-order valence-electron chi connectivity index (χ1n) is 9.90. The number of amides is 1. The summed E-state index contributed by atoms with van der Waals surface area (Å²) in [4.78, 5) is 17.2. The molecule has 2 heterocycles. The monoisotopic (exact) mass is 391 g/mol. The lowest BCUT2D eigenvalue weighted by atomic mass is 10.1. The number of benzene rings is 2. The van der Waals surface area contributed by atoms with Crippen molar-refractivity contribution in [3.05, 3.63) is 60.6 Å². The quantitative estimate of drug-likeness (QED) is 0.680. The van der Waals surface area contributed by atoms with E-state index in [-0.39, 0.29) is 5.91 Å². The highest BCUT2D eigenvalue weighted by Crippen LogP contribution is 2.24. The van der Waals surface area contributed by atoms with Gasteiger partial charge in [-0.15, -0.1) is 0 Å². The van der Waals surface area contributed by atoms with Crippen molar-refractivity contribution in [2.24, 2.45) is 0 Å². The zero-order chi connectivity index (χ0) is 20.2. The average Bonchev–Trinajstić information content (AvgIpc) is 3.19. The van der Waals surface area contributed by atoms with Crippen LogP contribution in [0.4, 0.5) is 5.69 Å². The molecule has 2 aromatic carbocycles. The van der Waals surface area contributed by atoms with Crippen molar-refractivity contribution in [3.8, 4) is 22.8 Å². The number of carbonyl (C=O) groups is 1. The summed E-state index contributed by atoms with van der Waals surface area (Å²) in [6, 6.07) is 14.9. The fourth-order valence-corrected chi connectivity index (χ4v) is 3.43. The van der Waals surface area contributed by atoms with Gasteiger partial charge in [0.2, 0.25) is 0 Å². The van der Waals surface area contributed by atoms with E-state index in [2.05, 4.69) is 16.1 Å². The van der Waals surface area contributed by atoms with Crippen molar-refractivity contribution in [3.63, 3.8) is 0 Å². The van der Waals surface area contributed by atoms with Crippen LogP contribution in [0.15, 0.2) is 54.7 Å². The second-order valence-corrected chi connectivity index (χ2v) is 7.20. The summed E-state index contributed by atoms with van der Waals surface area (Å²) in [6.45, 7) is 2.77. The summed E-state index contributed by atoms with van der Waals surface area (Å²) in [5.74, 6) is 2.32. The van der Waals surface area contributed by atoms with E-state index < -0.39 is 6.10 Å². The van der Waals surface area contributed by atoms with Gasteiger partial charge in [0.05, 0.1) is 12.8 Å². The maximum Gasteiger partial charge on any atom is 0.265 e. The Labute approximate surface area is 170 Å². The number of imidazole rings is 1. The Morgan fingerprint density at radius 1 is 1.07 bits per heavy atom. The molecule has 0 fully saturated rings. The third-order valence-electron chi connectivity index (χ3n) is 5.10. The molecule has 1 aliphatic rings. The predicted octanol–water partition coefficient (Wildman–Crippen LogP) is 4.30. The van der Waals surface area contributed by atoms with Crippen molar-refractivity contribution in [1.29, 1.82) is 0 Å². The fourth-order valence-electron chi connectivity index (χ4n) is 3.43. The van der Waals surface area contributed by atoms with E-state index >= 15 is 0 Å². The van der Waals surface area contributed by atoms with Crippen LogP contribution in [0.25, 0.3) is 11.3 Å². The number of aromatic nitrogens is 2. The number of hydrogen-bond donors (Lipinski definition) is 1. The first-order valence-corrected chi connectivity index (χ1v) is 9.90. The van der Waals surface area contributed by atoms with Crippen LogP contribution in [0.1, 0.15) is 25.6 Å². The van der Waals surface area contributed by atoms with Crippen LogP contribution in [-0.2, 0) is 17.8 Å². The molecule has 1 unspecified atom stereocenters. The lowest BCUT2D eigenvalue weighted by Gasteiger charge is -2.15. The van der Waals surface area contributed by atoms with Crippen LogP contribution in [0, 0.1) is 0 Å². The summed E-state index contributed by atoms with van der Waals surface area (Å²) in [5, 5.41) is 2.90. The van der Waals surface area contributed by atoms with Crippen LogP contribution >= 0.6 is 0 Å². The molecular formula is C23H25N3O3. The van der Waals surface area contributed by atoms with Crippen LogP contribution in [0.2, 0.25) is 0 Å². The van der Waals surface area contributed by atoms with Gasteiger partial charge in [-0.1, -0.05) is 12.1 Å². The number of carbonyl (C=O) groups excluding carboxylic acids is 1. The number of fused-ring (bicyclic) bond motifs is 1. The number of nitrogens with one attached hydrogen (secondary N) is 1. The molecule has 1 atom stereocenters. The largest absolute Gasteiger partial charge is 0.497 e. The third kappa shape index (κ3) is 4.42. The first kappa shape index (κ1) is 19.1. The van der Waals surface area contributed by atoms with Gasteiger partial charge >= 0.3 is 0 Å². The molecule has 1 aromatic heterocycles. The van der Waals surface area contributed by atoms with Crippen molar-refractivity contribution in [1.82, 2.24) is 9.55 Å². The summed E-state index contributed by atoms with van der Waals surface area (Å²) in [5.41, 5.74) is 2.76. The van der Waals surface area contributed by atoms with Gasteiger partial charge in [0.1, 0.15) is 17.3 Å². The molecule has 0 saturated heterocycles. The molecular weight excluding hydrogens is 366 g/mol. The van der Waals surface area contributed by atoms with Gasteiger partial charge in [-0.05, 0) is 56.2 Å². The number of ether oxygens (including phenoxy) is 2. The maximum atomic E-state index is 12.5. The van der Waals surface area contributed by atoms with Gasteiger partial charge in [0.25, 0.3) is 5.91 Å². The second-order valence-electron chi connectivity index (χ2n) is 7.20. The highest BCUT2D eigenvalue weighted by atomic mass is 16.5. The Hall–Kier alpha value is -3.28. The third-order valence-corrected chi connectivity index (χ3v) is 5.10.